The normalized spacial score (nSPS) is 17.0. The number of carboxylic acid groups (broad SMARTS) is 1. The van der Waals surface area contributed by atoms with E-state index >= 15 is 0 Å². The molecule has 8 heteroatoms. The molecule has 1 fully saturated rings. The van der Waals surface area contributed by atoms with Crippen molar-refractivity contribution in [2.45, 2.75) is 25.8 Å². The molecule has 1 amide bonds. The summed E-state index contributed by atoms with van der Waals surface area (Å²) in [5, 5.41) is 9.36. The molecule has 6 nitrogen and oxygen atoms in total. The Kier molecular flexibility index (Phi) is 6.33. The topological polar surface area (TPSA) is 83.9 Å². The van der Waals surface area contributed by atoms with Crippen molar-refractivity contribution in [3.63, 3.8) is 0 Å². The van der Waals surface area contributed by atoms with Crippen LogP contribution in [-0.2, 0) is 14.3 Å². The van der Waals surface area contributed by atoms with Crippen LogP contribution in [0.25, 0.3) is 6.08 Å². The second-order valence-corrected chi connectivity index (χ2v) is 6.98. The summed E-state index contributed by atoms with van der Waals surface area (Å²) in [6.45, 7) is 1.85. The van der Waals surface area contributed by atoms with Crippen molar-refractivity contribution >= 4 is 52.2 Å². The molecule has 0 unspecified atom stereocenters. The number of methoxy groups -OCH3 is 1. The monoisotopic (exact) mass is 379 g/mol. The highest BCUT2D eigenvalue weighted by Crippen LogP contribution is 2.34. The Hall–Kier alpha value is -2.19. The molecule has 1 aromatic rings. The van der Waals surface area contributed by atoms with Crippen LogP contribution in [0.5, 0.6) is 0 Å². The Balaban J connectivity index is 2.24. The average molecular weight is 379 g/mol. The van der Waals surface area contributed by atoms with E-state index in [1.807, 2.05) is 6.92 Å². The van der Waals surface area contributed by atoms with Gasteiger partial charge in [0.25, 0.3) is 5.91 Å². The Bertz CT molecular complexity index is 742. The third-order valence-electron chi connectivity index (χ3n) is 3.61. The molecular weight excluding hydrogens is 362 g/mol. The van der Waals surface area contributed by atoms with Crippen LogP contribution < -0.4 is 0 Å². The van der Waals surface area contributed by atoms with Gasteiger partial charge in [-0.25, -0.2) is 9.59 Å². The number of thiocarbonyl (C=S) groups is 1. The van der Waals surface area contributed by atoms with E-state index in [9.17, 15) is 19.5 Å². The molecule has 2 rings (SSSR count). The number of ether oxygens (including phenoxy) is 1. The number of carboxylic acids is 1. The molecule has 0 saturated carbocycles. The first-order valence-corrected chi connectivity index (χ1v) is 8.79. The minimum absolute atomic E-state index is 0.239. The van der Waals surface area contributed by atoms with Gasteiger partial charge in [-0.15, -0.1) is 0 Å². The van der Waals surface area contributed by atoms with Gasteiger partial charge in [0.1, 0.15) is 10.4 Å². The maximum atomic E-state index is 12.6. The van der Waals surface area contributed by atoms with E-state index in [-0.39, 0.29) is 4.32 Å². The van der Waals surface area contributed by atoms with Crippen LogP contribution >= 0.6 is 24.0 Å². The molecular formula is C17H17NO5S2. The number of benzene rings is 1. The number of hydrogen-bond donors (Lipinski definition) is 1. The minimum atomic E-state index is -1.07. The smallest absolute Gasteiger partial charge is 0.337 e. The molecule has 1 aliphatic heterocycles. The molecule has 0 bridgehead atoms. The number of amides is 1. The highest BCUT2D eigenvalue weighted by atomic mass is 32.2. The molecule has 132 valence electrons. The Morgan fingerprint density at radius 3 is 2.52 bits per heavy atom. The quantitative estimate of drug-likeness (QED) is 0.462. The first-order chi connectivity index (χ1) is 11.9. The van der Waals surface area contributed by atoms with E-state index in [0.29, 0.717) is 28.9 Å². The van der Waals surface area contributed by atoms with Crippen molar-refractivity contribution in [2.75, 3.05) is 7.11 Å². The number of carbonyl (C=O) groups is 3. The maximum absolute atomic E-state index is 12.6. The van der Waals surface area contributed by atoms with Gasteiger partial charge in [0, 0.05) is 0 Å². The average Bonchev–Trinajstić information content (AvgIpc) is 2.86. The van der Waals surface area contributed by atoms with E-state index in [2.05, 4.69) is 4.74 Å². The lowest BCUT2D eigenvalue weighted by atomic mass is 10.1. The number of hydrogen-bond acceptors (Lipinski definition) is 6. The van der Waals surface area contributed by atoms with Crippen LogP contribution in [0.15, 0.2) is 29.2 Å². The molecule has 0 aromatic heterocycles. The van der Waals surface area contributed by atoms with Gasteiger partial charge in [-0.1, -0.05) is 49.5 Å². The van der Waals surface area contributed by atoms with Gasteiger partial charge in [0.2, 0.25) is 0 Å². The molecule has 1 aliphatic rings. The van der Waals surface area contributed by atoms with Crippen LogP contribution in [0.2, 0.25) is 0 Å². The fourth-order valence-electron chi connectivity index (χ4n) is 2.37. The predicted octanol–water partition coefficient (Wildman–Crippen LogP) is 2.93. The highest BCUT2D eigenvalue weighted by molar-refractivity contribution is 8.26. The SMILES string of the molecule is CCC[C@H](C(=O)O)N1C(=O)/C(=C/c2ccc(C(=O)OC)cc2)SC1=S. The Labute approximate surface area is 154 Å². The van der Waals surface area contributed by atoms with Gasteiger partial charge in [0.05, 0.1) is 17.6 Å². The summed E-state index contributed by atoms with van der Waals surface area (Å²) in [5.74, 6) is -1.92. The zero-order valence-electron chi connectivity index (χ0n) is 13.7. The Morgan fingerprint density at radius 1 is 1.36 bits per heavy atom. The lowest BCUT2D eigenvalue weighted by Crippen LogP contribution is -2.43. The van der Waals surface area contributed by atoms with Crippen LogP contribution in [0.4, 0.5) is 0 Å². The largest absolute Gasteiger partial charge is 0.480 e. The molecule has 1 atom stereocenters. The summed E-state index contributed by atoms with van der Waals surface area (Å²) >= 11 is 6.27. The number of rotatable bonds is 6. The van der Waals surface area contributed by atoms with Crippen molar-refractivity contribution in [1.29, 1.82) is 0 Å². The predicted molar refractivity (Wildman–Crippen MR) is 99.1 cm³/mol. The van der Waals surface area contributed by atoms with Crippen molar-refractivity contribution < 1.29 is 24.2 Å². The maximum Gasteiger partial charge on any atom is 0.337 e. The van der Waals surface area contributed by atoms with E-state index in [4.69, 9.17) is 12.2 Å². The molecule has 25 heavy (non-hydrogen) atoms. The van der Waals surface area contributed by atoms with Crippen LogP contribution in [0, 0.1) is 0 Å². The first kappa shape index (κ1) is 19.1. The first-order valence-electron chi connectivity index (χ1n) is 7.57. The molecule has 1 N–H and O–H groups in total. The minimum Gasteiger partial charge on any atom is -0.480 e. The summed E-state index contributed by atoms with van der Waals surface area (Å²) in [4.78, 5) is 37.0. The fraction of sp³-hybridized carbons (Fsp3) is 0.294. The third-order valence-corrected chi connectivity index (χ3v) is 4.94. The fourth-order valence-corrected chi connectivity index (χ4v) is 3.73. The van der Waals surface area contributed by atoms with Gasteiger partial charge in [-0.2, -0.15) is 0 Å². The molecule has 0 radical (unpaired) electrons. The summed E-state index contributed by atoms with van der Waals surface area (Å²) in [6.07, 6.45) is 2.59. The highest BCUT2D eigenvalue weighted by Gasteiger charge is 2.39. The van der Waals surface area contributed by atoms with Gasteiger partial charge in [-0.05, 0) is 30.2 Å². The lowest BCUT2D eigenvalue weighted by molar-refractivity contribution is -0.145. The van der Waals surface area contributed by atoms with Gasteiger partial charge < -0.3 is 9.84 Å². The molecule has 1 aromatic carbocycles. The standard InChI is InChI=1S/C17H17NO5S2/c1-3-4-12(15(20)21)18-14(19)13(25-17(18)24)9-10-5-7-11(8-6-10)16(22)23-2/h5-9,12H,3-4H2,1-2H3,(H,20,21)/b13-9-/t12-/m1/s1. The van der Waals surface area contributed by atoms with Crippen LogP contribution in [-0.4, -0.2) is 45.3 Å². The van der Waals surface area contributed by atoms with E-state index in [1.165, 1.54) is 12.0 Å². The zero-order chi connectivity index (χ0) is 18.6. The van der Waals surface area contributed by atoms with Gasteiger partial charge in [0.15, 0.2) is 0 Å². The van der Waals surface area contributed by atoms with Crippen molar-refractivity contribution in [2.24, 2.45) is 0 Å². The van der Waals surface area contributed by atoms with Gasteiger partial charge >= 0.3 is 11.9 Å². The van der Waals surface area contributed by atoms with E-state index in [0.717, 1.165) is 11.8 Å². The van der Waals surface area contributed by atoms with Crippen molar-refractivity contribution in [1.82, 2.24) is 4.90 Å². The number of esters is 1. The number of thioether (sulfide) groups is 1. The van der Waals surface area contributed by atoms with Crippen LogP contribution in [0.3, 0.4) is 0 Å². The molecule has 0 aliphatic carbocycles. The zero-order valence-corrected chi connectivity index (χ0v) is 15.4. The summed E-state index contributed by atoms with van der Waals surface area (Å²) in [7, 11) is 1.30. The second kappa shape index (κ2) is 8.26. The van der Waals surface area contributed by atoms with Crippen molar-refractivity contribution in [3.8, 4) is 0 Å². The lowest BCUT2D eigenvalue weighted by Gasteiger charge is -2.22. The van der Waals surface area contributed by atoms with E-state index in [1.54, 1.807) is 30.3 Å². The van der Waals surface area contributed by atoms with Crippen molar-refractivity contribution in [3.05, 3.63) is 40.3 Å². The summed E-state index contributed by atoms with van der Waals surface area (Å²) in [6, 6.07) is 5.59. The van der Waals surface area contributed by atoms with E-state index < -0.39 is 23.9 Å². The molecule has 0 spiro atoms. The third kappa shape index (κ3) is 4.26. The van der Waals surface area contributed by atoms with Crippen LogP contribution in [0.1, 0.15) is 35.7 Å². The van der Waals surface area contributed by atoms with Gasteiger partial charge in [-0.3, -0.25) is 9.69 Å². The molecule has 1 heterocycles. The summed E-state index contributed by atoms with van der Waals surface area (Å²) in [5.41, 5.74) is 1.11. The Morgan fingerprint density at radius 2 is 2.00 bits per heavy atom. The number of aliphatic carboxylic acids is 1. The molecule has 1 saturated heterocycles. The number of carbonyl (C=O) groups excluding carboxylic acids is 2. The second-order valence-electron chi connectivity index (χ2n) is 5.31. The number of nitrogens with zero attached hydrogens (tertiary/aromatic N) is 1. The summed E-state index contributed by atoms with van der Waals surface area (Å²) < 4.78 is 4.87.